The standard InChI is InChI=1S/C14H17ClN4/c1-3-7-16-14-17-10(2)8-13(19-14)18-12-6-4-5-11(15)9-12/h4-6,8-9H,3,7H2,1-2H3,(H2,16,17,18,19). The number of anilines is 3. The fourth-order valence-corrected chi connectivity index (χ4v) is 1.85. The molecular weight excluding hydrogens is 260 g/mol. The van der Waals surface area contributed by atoms with Gasteiger partial charge >= 0.3 is 0 Å². The largest absolute Gasteiger partial charge is 0.354 e. The predicted molar refractivity (Wildman–Crippen MR) is 80.3 cm³/mol. The summed E-state index contributed by atoms with van der Waals surface area (Å²) in [4.78, 5) is 8.76. The first-order valence-corrected chi connectivity index (χ1v) is 6.67. The summed E-state index contributed by atoms with van der Waals surface area (Å²) < 4.78 is 0. The molecule has 0 bridgehead atoms. The molecule has 4 nitrogen and oxygen atoms in total. The number of aryl methyl sites for hydroxylation is 1. The Kier molecular flexibility index (Phi) is 4.58. The van der Waals surface area contributed by atoms with Crippen molar-refractivity contribution in [1.82, 2.24) is 9.97 Å². The van der Waals surface area contributed by atoms with Crippen LogP contribution in [0, 0.1) is 6.92 Å². The summed E-state index contributed by atoms with van der Waals surface area (Å²) in [5.74, 6) is 1.40. The third-order valence-electron chi connectivity index (χ3n) is 2.48. The SMILES string of the molecule is CCCNc1nc(C)cc(Nc2cccc(Cl)c2)n1. The van der Waals surface area contributed by atoms with E-state index in [1.54, 1.807) is 0 Å². The summed E-state index contributed by atoms with van der Waals surface area (Å²) in [5.41, 5.74) is 1.82. The highest BCUT2D eigenvalue weighted by Crippen LogP contribution is 2.20. The van der Waals surface area contributed by atoms with Crippen molar-refractivity contribution in [3.8, 4) is 0 Å². The molecule has 19 heavy (non-hydrogen) atoms. The monoisotopic (exact) mass is 276 g/mol. The molecule has 1 heterocycles. The lowest BCUT2D eigenvalue weighted by atomic mass is 10.3. The Morgan fingerprint density at radius 3 is 2.79 bits per heavy atom. The van der Waals surface area contributed by atoms with Gasteiger partial charge in [0.25, 0.3) is 0 Å². The second-order valence-corrected chi connectivity index (χ2v) is 4.72. The van der Waals surface area contributed by atoms with Gasteiger partial charge in [0.15, 0.2) is 0 Å². The molecule has 2 aromatic rings. The van der Waals surface area contributed by atoms with E-state index in [0.717, 1.165) is 30.2 Å². The molecule has 0 spiro atoms. The number of halogens is 1. The number of nitrogens with one attached hydrogen (secondary N) is 2. The molecule has 2 N–H and O–H groups in total. The van der Waals surface area contributed by atoms with E-state index in [1.165, 1.54) is 0 Å². The first-order chi connectivity index (χ1) is 9.17. The molecule has 0 radical (unpaired) electrons. The lowest BCUT2D eigenvalue weighted by Crippen LogP contribution is -2.06. The number of benzene rings is 1. The fraction of sp³-hybridized carbons (Fsp3) is 0.286. The maximum Gasteiger partial charge on any atom is 0.224 e. The van der Waals surface area contributed by atoms with Crippen LogP contribution in [-0.2, 0) is 0 Å². The van der Waals surface area contributed by atoms with Gasteiger partial charge in [-0.05, 0) is 31.5 Å². The van der Waals surface area contributed by atoms with Crippen LogP contribution in [0.2, 0.25) is 5.02 Å². The Morgan fingerprint density at radius 2 is 2.05 bits per heavy atom. The molecule has 1 aromatic carbocycles. The second-order valence-electron chi connectivity index (χ2n) is 4.28. The minimum absolute atomic E-state index is 0.645. The van der Waals surface area contributed by atoms with E-state index in [0.29, 0.717) is 11.0 Å². The molecule has 2 rings (SSSR count). The second kappa shape index (κ2) is 6.38. The lowest BCUT2D eigenvalue weighted by Gasteiger charge is -2.09. The van der Waals surface area contributed by atoms with Crippen molar-refractivity contribution in [2.45, 2.75) is 20.3 Å². The van der Waals surface area contributed by atoms with Crippen LogP contribution >= 0.6 is 11.6 Å². The van der Waals surface area contributed by atoms with E-state index >= 15 is 0 Å². The smallest absolute Gasteiger partial charge is 0.224 e. The van der Waals surface area contributed by atoms with Crippen LogP contribution < -0.4 is 10.6 Å². The zero-order valence-electron chi connectivity index (χ0n) is 11.1. The van der Waals surface area contributed by atoms with Gasteiger partial charge < -0.3 is 10.6 Å². The molecular formula is C14H17ClN4. The zero-order valence-corrected chi connectivity index (χ0v) is 11.8. The van der Waals surface area contributed by atoms with Crippen molar-refractivity contribution < 1.29 is 0 Å². The summed E-state index contributed by atoms with van der Waals surface area (Å²) in [6, 6.07) is 9.44. The quantitative estimate of drug-likeness (QED) is 0.866. The van der Waals surface area contributed by atoms with Crippen LogP contribution in [-0.4, -0.2) is 16.5 Å². The van der Waals surface area contributed by atoms with Crippen molar-refractivity contribution in [3.05, 3.63) is 41.0 Å². The fourth-order valence-electron chi connectivity index (χ4n) is 1.66. The topological polar surface area (TPSA) is 49.8 Å². The number of hydrogen-bond acceptors (Lipinski definition) is 4. The summed E-state index contributed by atoms with van der Waals surface area (Å²) >= 11 is 5.96. The minimum Gasteiger partial charge on any atom is -0.354 e. The number of rotatable bonds is 5. The average molecular weight is 277 g/mol. The summed E-state index contributed by atoms with van der Waals surface area (Å²) in [6.07, 6.45) is 1.04. The summed E-state index contributed by atoms with van der Waals surface area (Å²) in [5, 5.41) is 7.11. The molecule has 0 amide bonds. The summed E-state index contributed by atoms with van der Waals surface area (Å²) in [7, 11) is 0. The van der Waals surface area contributed by atoms with Gasteiger partial charge in [0.1, 0.15) is 5.82 Å². The number of nitrogens with zero attached hydrogens (tertiary/aromatic N) is 2. The van der Waals surface area contributed by atoms with Crippen LogP contribution in [0.4, 0.5) is 17.5 Å². The molecule has 0 fully saturated rings. The highest BCUT2D eigenvalue weighted by Gasteiger charge is 2.02. The molecule has 0 aliphatic rings. The van der Waals surface area contributed by atoms with Crippen LogP contribution in [0.25, 0.3) is 0 Å². The average Bonchev–Trinajstić information content (AvgIpc) is 2.35. The molecule has 0 saturated carbocycles. The van der Waals surface area contributed by atoms with Gasteiger partial charge in [-0.3, -0.25) is 0 Å². The number of aromatic nitrogens is 2. The Bertz CT molecular complexity index is 557. The van der Waals surface area contributed by atoms with E-state index in [2.05, 4.69) is 27.5 Å². The van der Waals surface area contributed by atoms with Crippen molar-refractivity contribution in [2.75, 3.05) is 17.2 Å². The molecule has 5 heteroatoms. The van der Waals surface area contributed by atoms with Crippen molar-refractivity contribution in [1.29, 1.82) is 0 Å². The van der Waals surface area contributed by atoms with Crippen molar-refractivity contribution >= 4 is 29.1 Å². The highest BCUT2D eigenvalue weighted by atomic mass is 35.5. The van der Waals surface area contributed by atoms with Crippen molar-refractivity contribution in [2.24, 2.45) is 0 Å². The Labute approximate surface area is 118 Å². The molecule has 0 aliphatic carbocycles. The molecule has 0 atom stereocenters. The van der Waals surface area contributed by atoms with Gasteiger partial charge in [-0.25, -0.2) is 4.98 Å². The summed E-state index contributed by atoms with van der Waals surface area (Å²) in [6.45, 7) is 4.91. The molecule has 0 saturated heterocycles. The number of hydrogen-bond donors (Lipinski definition) is 2. The van der Waals surface area contributed by atoms with Gasteiger partial charge in [-0.1, -0.05) is 24.6 Å². The van der Waals surface area contributed by atoms with Crippen LogP contribution in [0.5, 0.6) is 0 Å². The van der Waals surface area contributed by atoms with Crippen molar-refractivity contribution in [3.63, 3.8) is 0 Å². The maximum atomic E-state index is 5.96. The van der Waals surface area contributed by atoms with Crippen LogP contribution in [0.3, 0.4) is 0 Å². The third-order valence-corrected chi connectivity index (χ3v) is 2.72. The van der Waals surface area contributed by atoms with Gasteiger partial charge in [0.05, 0.1) is 0 Å². The first-order valence-electron chi connectivity index (χ1n) is 6.29. The Balaban J connectivity index is 2.17. The minimum atomic E-state index is 0.645. The third kappa shape index (κ3) is 4.10. The Hall–Kier alpha value is -1.81. The zero-order chi connectivity index (χ0) is 13.7. The van der Waals surface area contributed by atoms with Gasteiger partial charge in [-0.2, -0.15) is 4.98 Å². The molecule has 100 valence electrons. The normalized spacial score (nSPS) is 10.3. The van der Waals surface area contributed by atoms with Gasteiger partial charge in [0, 0.05) is 29.0 Å². The predicted octanol–water partition coefficient (Wildman–Crippen LogP) is 4.00. The Morgan fingerprint density at radius 1 is 1.21 bits per heavy atom. The molecule has 0 unspecified atom stereocenters. The highest BCUT2D eigenvalue weighted by molar-refractivity contribution is 6.30. The van der Waals surface area contributed by atoms with E-state index in [1.807, 2.05) is 37.3 Å². The van der Waals surface area contributed by atoms with Gasteiger partial charge in [0.2, 0.25) is 5.95 Å². The van der Waals surface area contributed by atoms with Gasteiger partial charge in [-0.15, -0.1) is 0 Å². The maximum absolute atomic E-state index is 5.96. The van der Waals surface area contributed by atoms with E-state index < -0.39 is 0 Å². The van der Waals surface area contributed by atoms with E-state index in [-0.39, 0.29) is 0 Å². The van der Waals surface area contributed by atoms with E-state index in [9.17, 15) is 0 Å². The molecule has 0 aliphatic heterocycles. The lowest BCUT2D eigenvalue weighted by molar-refractivity contribution is 0.947. The molecule has 1 aromatic heterocycles. The van der Waals surface area contributed by atoms with E-state index in [4.69, 9.17) is 11.6 Å². The van der Waals surface area contributed by atoms with Crippen LogP contribution in [0.1, 0.15) is 19.0 Å². The first kappa shape index (κ1) is 13.6. The van der Waals surface area contributed by atoms with Crippen LogP contribution in [0.15, 0.2) is 30.3 Å².